The lowest BCUT2D eigenvalue weighted by Crippen LogP contribution is -2.37. The molecule has 0 radical (unpaired) electrons. The molecule has 2 aliphatic heterocycles. The number of likely N-dealkylation sites (tertiary alicyclic amines) is 1. The lowest BCUT2D eigenvalue weighted by molar-refractivity contribution is 0.0601. The fraction of sp³-hybridized carbons (Fsp3) is 0.531. The molecule has 38 heavy (non-hydrogen) atoms. The summed E-state index contributed by atoms with van der Waals surface area (Å²) in [6.45, 7) is 4.64. The molecule has 202 valence electrons. The molecule has 1 aromatic heterocycles. The van der Waals surface area contributed by atoms with Crippen LogP contribution in [0.1, 0.15) is 78.8 Å². The van der Waals surface area contributed by atoms with Gasteiger partial charge in [-0.05, 0) is 75.5 Å². The van der Waals surface area contributed by atoms with Gasteiger partial charge in [0.1, 0.15) is 12.4 Å². The fourth-order valence-electron chi connectivity index (χ4n) is 6.96. The van der Waals surface area contributed by atoms with E-state index in [4.69, 9.17) is 9.47 Å². The number of para-hydroxylation sites is 1. The molecule has 0 unspecified atom stereocenters. The second-order valence-corrected chi connectivity index (χ2v) is 11.4. The van der Waals surface area contributed by atoms with Crippen molar-refractivity contribution in [3.05, 3.63) is 53.1 Å². The van der Waals surface area contributed by atoms with Gasteiger partial charge in [-0.2, -0.15) is 0 Å². The number of aromatic nitrogens is 1. The molecule has 2 aromatic carbocycles. The Balaban J connectivity index is 1.58. The smallest absolute Gasteiger partial charge is 0.337 e. The molecule has 1 saturated carbocycles. The number of likely N-dealkylation sites (N-methyl/N-ethyl adjacent to an activating group) is 1. The van der Waals surface area contributed by atoms with Crippen LogP contribution in [0, 0.1) is 0 Å². The van der Waals surface area contributed by atoms with E-state index < -0.39 is 0 Å². The minimum absolute atomic E-state index is 0.154. The maximum absolute atomic E-state index is 12.5. The molecule has 3 heterocycles. The Morgan fingerprint density at radius 1 is 1.05 bits per heavy atom. The number of methoxy groups -OCH3 is 1. The highest BCUT2D eigenvalue weighted by Crippen LogP contribution is 2.48. The average molecular weight is 516 g/mol. The van der Waals surface area contributed by atoms with E-state index in [0.717, 1.165) is 37.4 Å². The average Bonchev–Trinajstić information content (AvgIpc) is 3.27. The summed E-state index contributed by atoms with van der Waals surface area (Å²) in [4.78, 5) is 15.1. The van der Waals surface area contributed by atoms with Crippen molar-refractivity contribution in [1.29, 1.82) is 0 Å². The summed E-state index contributed by atoms with van der Waals surface area (Å²) >= 11 is 0. The number of carbonyl (C=O) groups excluding carboxylic acids is 1. The Bertz CT molecular complexity index is 1300. The zero-order valence-electron chi connectivity index (χ0n) is 22.9. The van der Waals surface area contributed by atoms with Crippen LogP contribution in [0.5, 0.6) is 5.75 Å². The highest BCUT2D eigenvalue weighted by atomic mass is 16.5. The Hall–Kier alpha value is -2.83. The molecular formula is C32H41N3O3. The quantitative estimate of drug-likeness (QED) is 0.416. The number of nitrogens with one attached hydrogen (secondary N) is 1. The Morgan fingerprint density at radius 3 is 2.61 bits per heavy atom. The van der Waals surface area contributed by atoms with Gasteiger partial charge in [-0.3, -0.25) is 4.90 Å². The predicted molar refractivity (Wildman–Crippen MR) is 152 cm³/mol. The van der Waals surface area contributed by atoms with Gasteiger partial charge in [-0.25, -0.2) is 4.79 Å². The maximum atomic E-state index is 12.5. The van der Waals surface area contributed by atoms with E-state index in [1.54, 1.807) is 0 Å². The number of rotatable bonds is 5. The first-order valence-electron chi connectivity index (χ1n) is 14.6. The summed E-state index contributed by atoms with van der Waals surface area (Å²) in [5, 5.41) is 4.77. The standard InChI is InChI=1S/C32H41N3O3/c1-33-25-20-35-28-18-23(32(36)37-2)14-15-26(28)29(22-10-5-3-6-11-22)30(35)27-13-9-12-24(31(27)38-21-25)19-34-16-7-4-8-17-34/h9,12-15,18,22,25,33H,3-8,10-11,16-17,19-21H2,1-2H3/t25-/m1/s1. The van der Waals surface area contributed by atoms with Crippen molar-refractivity contribution in [2.75, 3.05) is 33.9 Å². The number of hydrogen-bond acceptors (Lipinski definition) is 5. The topological polar surface area (TPSA) is 55.7 Å². The molecule has 3 aliphatic rings. The Kier molecular flexibility index (Phi) is 7.44. The number of fused-ring (bicyclic) bond motifs is 5. The van der Waals surface area contributed by atoms with Crippen LogP contribution >= 0.6 is 0 Å². The first-order chi connectivity index (χ1) is 18.7. The van der Waals surface area contributed by atoms with E-state index in [1.165, 1.54) is 86.2 Å². The second kappa shape index (κ2) is 11.1. The van der Waals surface area contributed by atoms with E-state index in [2.05, 4.69) is 39.0 Å². The van der Waals surface area contributed by atoms with Crippen molar-refractivity contribution in [1.82, 2.24) is 14.8 Å². The van der Waals surface area contributed by atoms with Crippen LogP contribution in [0.25, 0.3) is 22.2 Å². The van der Waals surface area contributed by atoms with E-state index in [-0.39, 0.29) is 12.0 Å². The van der Waals surface area contributed by atoms with Gasteiger partial charge in [0.15, 0.2) is 0 Å². The van der Waals surface area contributed by atoms with Gasteiger partial charge >= 0.3 is 5.97 Å². The van der Waals surface area contributed by atoms with Crippen LogP contribution in [0.4, 0.5) is 0 Å². The SMILES string of the molecule is CN[C@H]1COc2c(CN3CCCCC3)cccc2-c2c(C3CCCCC3)c3ccc(C(=O)OC)cc3n2C1. The van der Waals surface area contributed by atoms with E-state index in [0.29, 0.717) is 18.1 Å². The number of nitrogens with zero attached hydrogens (tertiary/aromatic N) is 2. The third-order valence-electron chi connectivity index (χ3n) is 8.97. The van der Waals surface area contributed by atoms with Gasteiger partial charge in [0.2, 0.25) is 0 Å². The van der Waals surface area contributed by atoms with E-state index >= 15 is 0 Å². The maximum Gasteiger partial charge on any atom is 0.337 e. The van der Waals surface area contributed by atoms with Crippen LogP contribution in [-0.2, 0) is 17.8 Å². The zero-order valence-corrected chi connectivity index (χ0v) is 22.9. The van der Waals surface area contributed by atoms with Crippen LogP contribution in [0.3, 0.4) is 0 Å². The Labute approximate surface area is 226 Å². The molecule has 1 atom stereocenters. The van der Waals surface area contributed by atoms with Crippen LogP contribution in [-0.4, -0.2) is 55.3 Å². The molecule has 6 nitrogen and oxygen atoms in total. The fourth-order valence-corrected chi connectivity index (χ4v) is 6.96. The molecule has 0 bridgehead atoms. The van der Waals surface area contributed by atoms with E-state index in [1.807, 2.05) is 19.2 Å². The molecule has 0 amide bonds. The number of hydrogen-bond donors (Lipinski definition) is 1. The van der Waals surface area contributed by atoms with Gasteiger partial charge in [-0.1, -0.05) is 43.9 Å². The molecular weight excluding hydrogens is 474 g/mol. The predicted octanol–water partition coefficient (Wildman–Crippen LogP) is 6.11. The highest BCUT2D eigenvalue weighted by molar-refractivity contribution is 5.99. The lowest BCUT2D eigenvalue weighted by atomic mass is 9.81. The minimum atomic E-state index is -0.287. The molecule has 1 saturated heterocycles. The van der Waals surface area contributed by atoms with Gasteiger partial charge in [0.05, 0.1) is 24.4 Å². The van der Waals surface area contributed by atoms with Gasteiger partial charge in [-0.15, -0.1) is 0 Å². The second-order valence-electron chi connectivity index (χ2n) is 11.4. The van der Waals surface area contributed by atoms with Crippen molar-refractivity contribution >= 4 is 16.9 Å². The van der Waals surface area contributed by atoms with Crippen molar-refractivity contribution in [2.24, 2.45) is 0 Å². The Morgan fingerprint density at radius 2 is 1.84 bits per heavy atom. The summed E-state index contributed by atoms with van der Waals surface area (Å²) < 4.78 is 14.3. The molecule has 6 rings (SSSR count). The van der Waals surface area contributed by atoms with Gasteiger partial charge in [0, 0.05) is 35.1 Å². The monoisotopic (exact) mass is 515 g/mol. The number of benzene rings is 2. The van der Waals surface area contributed by atoms with Crippen molar-refractivity contribution in [3.8, 4) is 17.0 Å². The largest absolute Gasteiger partial charge is 0.491 e. The zero-order chi connectivity index (χ0) is 26.1. The number of carbonyl (C=O) groups is 1. The lowest BCUT2D eigenvalue weighted by Gasteiger charge is -2.31. The summed E-state index contributed by atoms with van der Waals surface area (Å²) in [6.07, 6.45) is 10.2. The first kappa shape index (κ1) is 25.4. The third-order valence-corrected chi connectivity index (χ3v) is 8.97. The van der Waals surface area contributed by atoms with Gasteiger partial charge < -0.3 is 19.4 Å². The van der Waals surface area contributed by atoms with Crippen molar-refractivity contribution < 1.29 is 14.3 Å². The van der Waals surface area contributed by atoms with Crippen LogP contribution < -0.4 is 10.1 Å². The molecule has 1 N–H and O–H groups in total. The molecule has 1 aliphatic carbocycles. The summed E-state index contributed by atoms with van der Waals surface area (Å²) in [6, 6.07) is 13.0. The molecule has 3 aromatic rings. The molecule has 6 heteroatoms. The summed E-state index contributed by atoms with van der Waals surface area (Å²) in [5.74, 6) is 1.26. The molecule has 2 fully saturated rings. The van der Waals surface area contributed by atoms with Crippen LogP contribution in [0.15, 0.2) is 36.4 Å². The number of ether oxygens (including phenoxy) is 2. The normalized spacial score (nSPS) is 20.7. The number of esters is 1. The van der Waals surface area contributed by atoms with E-state index in [9.17, 15) is 4.79 Å². The highest BCUT2D eigenvalue weighted by Gasteiger charge is 2.31. The summed E-state index contributed by atoms with van der Waals surface area (Å²) in [7, 11) is 3.47. The minimum Gasteiger partial charge on any atom is -0.491 e. The van der Waals surface area contributed by atoms with Crippen molar-refractivity contribution in [2.45, 2.75) is 76.4 Å². The molecule has 0 spiro atoms. The third kappa shape index (κ3) is 4.73. The number of piperidine rings is 1. The summed E-state index contributed by atoms with van der Waals surface area (Å²) in [5.41, 5.74) is 6.93. The van der Waals surface area contributed by atoms with Crippen LogP contribution in [0.2, 0.25) is 0 Å². The van der Waals surface area contributed by atoms with Crippen molar-refractivity contribution in [3.63, 3.8) is 0 Å². The van der Waals surface area contributed by atoms with Gasteiger partial charge in [0.25, 0.3) is 0 Å². The first-order valence-corrected chi connectivity index (χ1v) is 14.6.